The molecular formula is C28H23F5N2O2P2. The largest absolute Gasteiger partial charge is 0.458 e. The first kappa shape index (κ1) is 30.0. The van der Waals surface area contributed by atoms with Gasteiger partial charge in [-0.05, 0) is 60.8 Å². The number of halogens is 5. The molecule has 0 spiro atoms. The maximum absolute atomic E-state index is 14.4. The van der Waals surface area contributed by atoms with Crippen molar-refractivity contribution in [3.05, 3.63) is 114 Å². The number of hydrogen-bond acceptors (Lipinski definition) is 3. The number of nitrogens with two attached hydrogens (primary N) is 1. The monoisotopic (exact) mass is 576 g/mol. The number of rotatable bonds is 8. The van der Waals surface area contributed by atoms with Gasteiger partial charge in [0.1, 0.15) is 17.3 Å². The molecule has 202 valence electrons. The molecule has 0 amide bonds. The Morgan fingerprint density at radius 2 is 1.28 bits per heavy atom. The molecule has 0 bridgehead atoms. The molecule has 4 aromatic carbocycles. The fraction of sp³-hybridized carbons (Fsp3) is 0.107. The van der Waals surface area contributed by atoms with Gasteiger partial charge in [0, 0.05) is 17.8 Å². The Labute approximate surface area is 226 Å². The van der Waals surface area contributed by atoms with Gasteiger partial charge in [0.25, 0.3) is 0 Å². The van der Waals surface area contributed by atoms with Crippen molar-refractivity contribution in [2.75, 3.05) is 19.6 Å². The van der Waals surface area contributed by atoms with Gasteiger partial charge < -0.3 is 15.0 Å². The van der Waals surface area contributed by atoms with Crippen LogP contribution in [0.3, 0.4) is 0 Å². The third-order valence-electron chi connectivity index (χ3n) is 5.21. The lowest BCUT2D eigenvalue weighted by atomic mass is 10.0. The van der Waals surface area contributed by atoms with Crippen molar-refractivity contribution in [3.8, 4) is 33.8 Å². The Morgan fingerprint density at radius 3 is 1.77 bits per heavy atom. The smallest absolute Gasteiger partial charge is 0.230 e. The molecule has 0 aromatic heterocycles. The lowest BCUT2D eigenvalue weighted by Gasteiger charge is -2.11. The second kappa shape index (κ2) is 14.6. The first-order valence-corrected chi connectivity index (χ1v) is 14.5. The van der Waals surface area contributed by atoms with Gasteiger partial charge in [-0.3, -0.25) is 4.39 Å². The van der Waals surface area contributed by atoms with Crippen molar-refractivity contribution in [1.29, 1.82) is 0 Å². The van der Waals surface area contributed by atoms with Crippen LogP contribution in [0.5, 0.6) is 11.5 Å². The fourth-order valence-electron chi connectivity index (χ4n) is 3.27. The first-order valence-electron chi connectivity index (χ1n) is 11.3. The van der Waals surface area contributed by atoms with Crippen LogP contribution < -0.4 is 15.0 Å². The second-order valence-electron chi connectivity index (χ2n) is 7.91. The SMILES string of the molecule is NP(P)CCF.[C-]#[N+]c1ccc(-c2ccc(OCOc3ccc(-c4cc(F)c(F)c(F)c4)c(F)c3)cc2)cc1. The zero-order chi connectivity index (χ0) is 28.4. The Hall–Kier alpha value is -3.56. The summed E-state index contributed by atoms with van der Waals surface area (Å²) < 4.78 is 76.5. The van der Waals surface area contributed by atoms with E-state index in [0.29, 0.717) is 17.6 Å². The standard InChI is InChI=1S/C26H15F4NO2.C2H8FNP2/c1-31-19-6-2-16(3-7-19)17-4-8-20(9-5-17)32-15-33-21-10-11-22(23(27)14-21)18-12-24(28)26(30)25(29)13-18;3-1-2-6(4)5/h2-14H,15H2;1-2,4-5H2. The third-order valence-corrected chi connectivity index (χ3v) is 6.67. The molecule has 0 fully saturated rings. The summed E-state index contributed by atoms with van der Waals surface area (Å²) in [4.78, 5) is 3.36. The summed E-state index contributed by atoms with van der Waals surface area (Å²) in [6, 6.07) is 19.6. The minimum absolute atomic E-state index is 0.0962. The van der Waals surface area contributed by atoms with Gasteiger partial charge in [-0.15, -0.1) is 0 Å². The highest BCUT2D eigenvalue weighted by Crippen LogP contribution is 2.34. The van der Waals surface area contributed by atoms with Gasteiger partial charge in [-0.25, -0.2) is 22.4 Å². The molecule has 2 atom stereocenters. The molecule has 0 heterocycles. The minimum Gasteiger partial charge on any atom is -0.458 e. The molecule has 4 nitrogen and oxygen atoms in total. The maximum Gasteiger partial charge on any atom is 0.230 e. The van der Waals surface area contributed by atoms with E-state index in [2.05, 4.69) is 13.8 Å². The summed E-state index contributed by atoms with van der Waals surface area (Å²) in [5, 5.41) is 0. The average Bonchev–Trinajstić information content (AvgIpc) is 2.92. The molecule has 0 aliphatic rings. The van der Waals surface area contributed by atoms with E-state index in [0.717, 1.165) is 29.3 Å². The summed E-state index contributed by atoms with van der Waals surface area (Å²) in [5.41, 5.74) is 7.44. The maximum atomic E-state index is 14.4. The zero-order valence-electron chi connectivity index (χ0n) is 20.4. The van der Waals surface area contributed by atoms with E-state index >= 15 is 0 Å². The Morgan fingerprint density at radius 1 is 0.744 bits per heavy atom. The van der Waals surface area contributed by atoms with Gasteiger partial charge in [0.15, 0.2) is 23.1 Å². The van der Waals surface area contributed by atoms with Crippen LogP contribution in [-0.2, 0) is 0 Å². The second-order valence-corrected chi connectivity index (χ2v) is 11.4. The van der Waals surface area contributed by atoms with Crippen molar-refractivity contribution in [2.24, 2.45) is 5.50 Å². The van der Waals surface area contributed by atoms with Gasteiger partial charge >= 0.3 is 0 Å². The third kappa shape index (κ3) is 8.73. The number of nitrogens with zero attached hydrogens (tertiary/aromatic N) is 1. The van der Waals surface area contributed by atoms with Gasteiger partial charge in [-0.1, -0.05) is 45.3 Å². The van der Waals surface area contributed by atoms with Crippen molar-refractivity contribution in [1.82, 2.24) is 0 Å². The molecule has 0 aliphatic heterocycles. The fourth-order valence-corrected chi connectivity index (χ4v) is 3.75. The van der Waals surface area contributed by atoms with Gasteiger partial charge in [0.2, 0.25) is 6.79 Å². The summed E-state index contributed by atoms with van der Waals surface area (Å²) in [6.07, 6.45) is 0.514. The van der Waals surface area contributed by atoms with E-state index in [1.807, 2.05) is 24.3 Å². The number of hydrogen-bond donors (Lipinski definition) is 1. The molecule has 0 saturated heterocycles. The molecule has 2 N–H and O–H groups in total. The lowest BCUT2D eigenvalue weighted by Crippen LogP contribution is -2.05. The molecule has 2 unspecified atom stereocenters. The molecular weight excluding hydrogens is 553 g/mol. The van der Waals surface area contributed by atoms with Gasteiger partial charge in [0.05, 0.1) is 13.2 Å². The normalized spacial score (nSPS) is 11.1. The molecule has 11 heteroatoms. The van der Waals surface area contributed by atoms with Crippen molar-refractivity contribution in [2.45, 2.75) is 0 Å². The Bertz CT molecular complexity index is 1410. The van der Waals surface area contributed by atoms with E-state index < -0.39 is 31.0 Å². The quantitative estimate of drug-likeness (QED) is 0.0751. The van der Waals surface area contributed by atoms with E-state index in [1.54, 1.807) is 24.3 Å². The molecule has 4 aromatic rings. The summed E-state index contributed by atoms with van der Waals surface area (Å²) in [6.45, 7) is 6.51. The first-order chi connectivity index (χ1) is 18.7. The molecule has 4 rings (SSSR count). The average molecular weight is 576 g/mol. The van der Waals surface area contributed by atoms with Crippen LogP contribution in [0.1, 0.15) is 0 Å². The predicted octanol–water partition coefficient (Wildman–Crippen LogP) is 8.64. The lowest BCUT2D eigenvalue weighted by molar-refractivity contribution is 0.119. The number of benzene rings is 4. The van der Waals surface area contributed by atoms with E-state index in [9.17, 15) is 22.0 Å². The van der Waals surface area contributed by atoms with Crippen LogP contribution in [-0.4, -0.2) is 19.6 Å². The molecule has 39 heavy (non-hydrogen) atoms. The Kier molecular flexibility index (Phi) is 11.2. The summed E-state index contributed by atoms with van der Waals surface area (Å²) in [5.74, 6) is -4.51. The minimum atomic E-state index is -1.61. The van der Waals surface area contributed by atoms with Crippen molar-refractivity contribution < 1.29 is 31.4 Å². The highest BCUT2D eigenvalue weighted by molar-refractivity contribution is 8.12. The zero-order valence-corrected chi connectivity index (χ0v) is 22.4. The van der Waals surface area contributed by atoms with E-state index in [1.165, 1.54) is 12.1 Å². The van der Waals surface area contributed by atoms with Crippen LogP contribution >= 0.6 is 16.7 Å². The highest BCUT2D eigenvalue weighted by Gasteiger charge is 2.14. The van der Waals surface area contributed by atoms with Crippen LogP contribution in [0, 0.1) is 29.8 Å². The van der Waals surface area contributed by atoms with Gasteiger partial charge in [-0.2, -0.15) is 0 Å². The molecule has 0 aliphatic carbocycles. The van der Waals surface area contributed by atoms with E-state index in [4.69, 9.17) is 21.6 Å². The van der Waals surface area contributed by atoms with Crippen LogP contribution in [0.4, 0.5) is 27.6 Å². The van der Waals surface area contributed by atoms with E-state index in [-0.39, 0.29) is 30.3 Å². The van der Waals surface area contributed by atoms with Crippen molar-refractivity contribution >= 4 is 22.4 Å². The summed E-state index contributed by atoms with van der Waals surface area (Å²) in [7, 11) is 1.82. The molecule has 0 radical (unpaired) electrons. The Balaban J connectivity index is 0.000000631. The summed E-state index contributed by atoms with van der Waals surface area (Å²) >= 11 is 0. The van der Waals surface area contributed by atoms with Crippen LogP contribution in [0.15, 0.2) is 78.9 Å². The predicted molar refractivity (Wildman–Crippen MR) is 148 cm³/mol. The number of alkyl halides is 1. The highest BCUT2D eigenvalue weighted by atomic mass is 32.0. The topological polar surface area (TPSA) is 48.8 Å². The number of ether oxygens (including phenoxy) is 2. The van der Waals surface area contributed by atoms with Crippen LogP contribution in [0.2, 0.25) is 0 Å². The van der Waals surface area contributed by atoms with Crippen LogP contribution in [0.25, 0.3) is 27.1 Å². The molecule has 0 saturated carbocycles. The van der Waals surface area contributed by atoms with Crippen molar-refractivity contribution in [3.63, 3.8) is 0 Å².